The summed E-state index contributed by atoms with van der Waals surface area (Å²) in [6, 6.07) is 13.5. The first-order valence-corrected chi connectivity index (χ1v) is 9.96. The Hall–Kier alpha value is -3.55. The summed E-state index contributed by atoms with van der Waals surface area (Å²) >= 11 is 0. The number of amides is 2. The van der Waals surface area contributed by atoms with E-state index in [1.807, 2.05) is 45.0 Å². The lowest BCUT2D eigenvalue weighted by atomic mass is 10.1. The minimum absolute atomic E-state index is 0.0650. The van der Waals surface area contributed by atoms with Gasteiger partial charge >= 0.3 is 18.2 Å². The van der Waals surface area contributed by atoms with Crippen molar-refractivity contribution >= 4 is 23.8 Å². The van der Waals surface area contributed by atoms with E-state index in [4.69, 9.17) is 14.6 Å². The highest BCUT2D eigenvalue weighted by molar-refractivity contribution is 5.89. The first-order valence-electron chi connectivity index (χ1n) is 9.96. The van der Waals surface area contributed by atoms with Crippen molar-refractivity contribution in [2.45, 2.75) is 51.4 Å². The van der Waals surface area contributed by atoms with Gasteiger partial charge in [0.05, 0.1) is 5.56 Å². The zero-order chi connectivity index (χ0) is 22.6. The first kappa shape index (κ1) is 22.1. The van der Waals surface area contributed by atoms with Crippen molar-refractivity contribution in [3.05, 3.63) is 65.2 Å². The summed E-state index contributed by atoms with van der Waals surface area (Å²) in [5.74, 6) is -0.782. The predicted molar refractivity (Wildman–Crippen MR) is 114 cm³/mol. The maximum atomic E-state index is 11.9. The van der Waals surface area contributed by atoms with Crippen molar-refractivity contribution in [1.29, 1.82) is 0 Å². The van der Waals surface area contributed by atoms with Gasteiger partial charge in [-0.05, 0) is 62.6 Å². The standard InChI is InChI=1S/C23H26N2O6/c1-23(2,3)31-22(29)25-19-12-18(19)15-6-4-14(5-7-15)13-30-21(28)24-17-10-8-16(9-11-17)20(26)27/h4-11,18-19H,12-13H2,1-3H3,(H,24,28)(H,25,29)(H,26,27)/t18?,19-/m0/s1. The number of carboxylic acids is 1. The average Bonchev–Trinajstić information content (AvgIpc) is 3.44. The van der Waals surface area contributed by atoms with Gasteiger partial charge in [-0.1, -0.05) is 24.3 Å². The maximum absolute atomic E-state index is 11.9. The summed E-state index contributed by atoms with van der Waals surface area (Å²) in [5, 5.41) is 14.3. The summed E-state index contributed by atoms with van der Waals surface area (Å²) in [4.78, 5) is 34.6. The van der Waals surface area contributed by atoms with Crippen LogP contribution in [-0.4, -0.2) is 34.9 Å². The van der Waals surface area contributed by atoms with E-state index >= 15 is 0 Å². The maximum Gasteiger partial charge on any atom is 0.411 e. The Morgan fingerprint density at radius 1 is 1.00 bits per heavy atom. The van der Waals surface area contributed by atoms with Crippen LogP contribution in [0.1, 0.15) is 54.6 Å². The molecule has 1 fully saturated rings. The Balaban J connectivity index is 1.43. The number of carboxylic acid groups (broad SMARTS) is 1. The van der Waals surface area contributed by atoms with Crippen LogP contribution in [0.15, 0.2) is 48.5 Å². The molecule has 164 valence electrons. The van der Waals surface area contributed by atoms with Gasteiger partial charge in [0.2, 0.25) is 0 Å². The molecule has 1 aliphatic carbocycles. The monoisotopic (exact) mass is 426 g/mol. The van der Waals surface area contributed by atoms with Gasteiger partial charge in [-0.3, -0.25) is 5.32 Å². The highest BCUT2D eigenvalue weighted by atomic mass is 16.6. The van der Waals surface area contributed by atoms with Gasteiger partial charge in [0.1, 0.15) is 12.2 Å². The molecule has 8 heteroatoms. The fourth-order valence-corrected chi connectivity index (χ4v) is 3.04. The number of carbonyl (C=O) groups is 3. The Morgan fingerprint density at radius 2 is 1.65 bits per heavy atom. The minimum Gasteiger partial charge on any atom is -0.478 e. The third-order valence-corrected chi connectivity index (χ3v) is 4.65. The van der Waals surface area contributed by atoms with Crippen LogP contribution in [0.4, 0.5) is 15.3 Å². The van der Waals surface area contributed by atoms with Gasteiger partial charge in [0.25, 0.3) is 0 Å². The molecule has 8 nitrogen and oxygen atoms in total. The molecule has 2 aromatic rings. The van der Waals surface area contributed by atoms with Crippen LogP contribution in [0.2, 0.25) is 0 Å². The van der Waals surface area contributed by atoms with Crippen molar-refractivity contribution in [3.63, 3.8) is 0 Å². The van der Waals surface area contributed by atoms with Gasteiger partial charge in [-0.2, -0.15) is 0 Å². The number of alkyl carbamates (subject to hydrolysis) is 1. The molecule has 1 unspecified atom stereocenters. The van der Waals surface area contributed by atoms with E-state index in [2.05, 4.69) is 10.6 Å². The van der Waals surface area contributed by atoms with E-state index in [1.165, 1.54) is 24.3 Å². The number of ether oxygens (including phenoxy) is 2. The van der Waals surface area contributed by atoms with Crippen LogP contribution < -0.4 is 10.6 Å². The quantitative estimate of drug-likeness (QED) is 0.626. The van der Waals surface area contributed by atoms with Gasteiger partial charge in [0, 0.05) is 17.6 Å². The van der Waals surface area contributed by atoms with Crippen LogP contribution in [0.5, 0.6) is 0 Å². The number of aromatic carboxylic acids is 1. The number of hydrogen-bond acceptors (Lipinski definition) is 5. The van der Waals surface area contributed by atoms with Crippen LogP contribution >= 0.6 is 0 Å². The van der Waals surface area contributed by atoms with Crippen LogP contribution in [0.3, 0.4) is 0 Å². The van der Waals surface area contributed by atoms with Crippen molar-refractivity contribution in [1.82, 2.24) is 5.32 Å². The van der Waals surface area contributed by atoms with Gasteiger partial charge in [-0.25, -0.2) is 14.4 Å². The second-order valence-electron chi connectivity index (χ2n) is 8.42. The van der Waals surface area contributed by atoms with E-state index in [0.717, 1.165) is 17.5 Å². The Labute approximate surface area is 180 Å². The van der Waals surface area contributed by atoms with Crippen molar-refractivity contribution in [2.24, 2.45) is 0 Å². The van der Waals surface area contributed by atoms with E-state index in [9.17, 15) is 14.4 Å². The molecule has 0 radical (unpaired) electrons. The third kappa shape index (κ3) is 6.74. The Bertz CT molecular complexity index is 948. The third-order valence-electron chi connectivity index (χ3n) is 4.65. The first-order chi connectivity index (χ1) is 14.6. The fraction of sp³-hybridized carbons (Fsp3) is 0.348. The molecule has 2 atom stereocenters. The second kappa shape index (κ2) is 9.07. The molecular formula is C23H26N2O6. The molecule has 3 rings (SSSR count). The van der Waals surface area contributed by atoms with Gasteiger partial charge < -0.3 is 19.9 Å². The van der Waals surface area contributed by atoms with Crippen molar-refractivity contribution < 1.29 is 29.0 Å². The van der Waals surface area contributed by atoms with Gasteiger partial charge in [-0.15, -0.1) is 0 Å². The van der Waals surface area contributed by atoms with Crippen LogP contribution in [-0.2, 0) is 16.1 Å². The topological polar surface area (TPSA) is 114 Å². The number of benzene rings is 2. The molecule has 1 saturated carbocycles. The SMILES string of the molecule is CC(C)(C)OC(=O)N[C@H]1CC1c1ccc(COC(=O)Nc2ccc(C(=O)O)cc2)cc1. The number of nitrogens with one attached hydrogen (secondary N) is 2. The van der Waals surface area contributed by atoms with E-state index < -0.39 is 23.8 Å². The number of carbonyl (C=O) groups excluding carboxylic acids is 2. The van der Waals surface area contributed by atoms with Gasteiger partial charge in [0.15, 0.2) is 0 Å². The predicted octanol–water partition coefficient (Wildman–Crippen LogP) is 4.51. The molecule has 3 N–H and O–H groups in total. The van der Waals surface area contributed by atoms with Crippen molar-refractivity contribution in [2.75, 3.05) is 5.32 Å². The van der Waals surface area contributed by atoms with Crippen molar-refractivity contribution in [3.8, 4) is 0 Å². The fourth-order valence-electron chi connectivity index (χ4n) is 3.04. The molecule has 1 aliphatic rings. The highest BCUT2D eigenvalue weighted by Gasteiger charge is 2.40. The second-order valence-corrected chi connectivity index (χ2v) is 8.42. The smallest absolute Gasteiger partial charge is 0.411 e. The van der Waals surface area contributed by atoms with E-state index in [0.29, 0.717) is 5.69 Å². The molecule has 0 saturated heterocycles. The molecule has 0 bridgehead atoms. The average molecular weight is 426 g/mol. The minimum atomic E-state index is -1.03. The highest BCUT2D eigenvalue weighted by Crippen LogP contribution is 2.41. The molecule has 0 heterocycles. The molecule has 0 aliphatic heterocycles. The summed E-state index contributed by atoms with van der Waals surface area (Å²) < 4.78 is 10.5. The summed E-state index contributed by atoms with van der Waals surface area (Å²) in [7, 11) is 0. The lowest BCUT2D eigenvalue weighted by molar-refractivity contribution is 0.0522. The lowest BCUT2D eigenvalue weighted by Gasteiger charge is -2.19. The zero-order valence-corrected chi connectivity index (χ0v) is 17.7. The normalized spacial score (nSPS) is 17.4. The number of rotatable bonds is 6. The summed E-state index contributed by atoms with van der Waals surface area (Å²) in [5.41, 5.74) is 2.00. The molecule has 0 spiro atoms. The molecule has 2 aromatic carbocycles. The number of anilines is 1. The molecular weight excluding hydrogens is 400 g/mol. The Kier molecular flexibility index (Phi) is 6.48. The largest absolute Gasteiger partial charge is 0.478 e. The summed E-state index contributed by atoms with van der Waals surface area (Å²) in [6.07, 6.45) is -0.178. The number of hydrogen-bond donors (Lipinski definition) is 3. The van der Waals surface area contributed by atoms with Crippen LogP contribution in [0.25, 0.3) is 0 Å². The summed E-state index contributed by atoms with van der Waals surface area (Å²) in [6.45, 7) is 5.58. The molecule has 31 heavy (non-hydrogen) atoms. The van der Waals surface area contributed by atoms with E-state index in [1.54, 1.807) is 0 Å². The molecule has 2 amide bonds. The Morgan fingerprint density at radius 3 is 2.23 bits per heavy atom. The van der Waals surface area contributed by atoms with Crippen LogP contribution in [0, 0.1) is 0 Å². The lowest BCUT2D eigenvalue weighted by Crippen LogP contribution is -2.34. The van der Waals surface area contributed by atoms with E-state index in [-0.39, 0.29) is 24.1 Å². The molecule has 0 aromatic heterocycles. The zero-order valence-electron chi connectivity index (χ0n) is 17.7.